The SMILES string of the molecule is CC(C)(C)c1ccnc(-n2c3ccccc3c3ccc(Oc4ccc([N+](=O)[O-])c(-c5ncccc5B5OC(C)(C)C(C)(C)O5)c4)cc32)c1. The molecule has 0 saturated carbocycles. The number of aromatic nitrogens is 3. The van der Waals surface area contributed by atoms with Gasteiger partial charge < -0.3 is 14.0 Å². The Hall–Kier alpha value is -5.06. The summed E-state index contributed by atoms with van der Waals surface area (Å²) in [5.74, 6) is 1.82. The van der Waals surface area contributed by atoms with E-state index in [0.29, 0.717) is 28.2 Å². The van der Waals surface area contributed by atoms with Crippen molar-refractivity contribution in [3.05, 3.63) is 113 Å². The highest BCUT2D eigenvalue weighted by Gasteiger charge is 2.52. The van der Waals surface area contributed by atoms with E-state index in [-0.39, 0.29) is 11.1 Å². The second-order valence-corrected chi connectivity index (χ2v) is 14.3. The summed E-state index contributed by atoms with van der Waals surface area (Å²) in [5.41, 5.74) is 3.13. The first-order valence-electron chi connectivity index (χ1n) is 16.0. The zero-order valence-electron chi connectivity index (χ0n) is 28.1. The Morgan fingerprint density at radius 2 is 1.48 bits per heavy atom. The Kier molecular flexibility index (Phi) is 7.41. The van der Waals surface area contributed by atoms with Gasteiger partial charge in [-0.25, -0.2) is 4.98 Å². The maximum Gasteiger partial charge on any atom is 0.497 e. The van der Waals surface area contributed by atoms with Crippen LogP contribution in [0.15, 0.2) is 97.3 Å². The minimum atomic E-state index is -0.752. The molecule has 1 saturated heterocycles. The number of nitro benzene ring substituents is 1. The van der Waals surface area contributed by atoms with Crippen LogP contribution < -0.4 is 10.2 Å². The Balaban J connectivity index is 1.32. The van der Waals surface area contributed by atoms with Crippen molar-refractivity contribution in [3.8, 4) is 28.6 Å². The minimum absolute atomic E-state index is 0.0474. The second-order valence-electron chi connectivity index (χ2n) is 14.3. The Morgan fingerprint density at radius 1 is 0.792 bits per heavy atom. The highest BCUT2D eigenvalue weighted by molar-refractivity contribution is 6.63. The molecule has 1 aliphatic rings. The van der Waals surface area contributed by atoms with Gasteiger partial charge in [0.15, 0.2) is 0 Å². The first-order valence-corrected chi connectivity index (χ1v) is 16.0. The highest BCUT2D eigenvalue weighted by Crippen LogP contribution is 2.40. The maximum absolute atomic E-state index is 12.3. The molecule has 0 amide bonds. The lowest BCUT2D eigenvalue weighted by atomic mass is 9.76. The van der Waals surface area contributed by atoms with Crippen LogP contribution in [-0.4, -0.2) is 37.8 Å². The highest BCUT2D eigenvalue weighted by atomic mass is 16.7. The molecule has 7 rings (SSSR count). The molecule has 48 heavy (non-hydrogen) atoms. The third-order valence-corrected chi connectivity index (χ3v) is 9.49. The average molecular weight is 641 g/mol. The third-order valence-electron chi connectivity index (χ3n) is 9.49. The molecule has 242 valence electrons. The van der Waals surface area contributed by atoms with Crippen LogP contribution >= 0.6 is 0 Å². The molecule has 0 aliphatic carbocycles. The molecular weight excluding hydrogens is 603 g/mol. The number of hydrogen-bond acceptors (Lipinski definition) is 7. The van der Waals surface area contributed by atoms with Gasteiger partial charge in [-0.05, 0) is 87.2 Å². The van der Waals surface area contributed by atoms with Crippen molar-refractivity contribution >= 4 is 40.1 Å². The first-order chi connectivity index (χ1) is 22.7. The summed E-state index contributed by atoms with van der Waals surface area (Å²) >= 11 is 0. The van der Waals surface area contributed by atoms with Crippen molar-refractivity contribution in [2.75, 3.05) is 0 Å². The van der Waals surface area contributed by atoms with Crippen LogP contribution in [0, 0.1) is 10.1 Å². The summed E-state index contributed by atoms with van der Waals surface area (Å²) in [4.78, 5) is 21.2. The van der Waals surface area contributed by atoms with Gasteiger partial charge in [-0.2, -0.15) is 0 Å². The summed E-state index contributed by atoms with van der Waals surface area (Å²) in [6.07, 6.45) is 3.46. The van der Waals surface area contributed by atoms with E-state index in [1.54, 1.807) is 24.4 Å². The molecule has 3 aromatic heterocycles. The van der Waals surface area contributed by atoms with Crippen LogP contribution in [0.3, 0.4) is 0 Å². The monoisotopic (exact) mass is 640 g/mol. The van der Waals surface area contributed by atoms with E-state index >= 15 is 0 Å². The molecule has 0 N–H and O–H groups in total. The van der Waals surface area contributed by atoms with Crippen LogP contribution in [0.1, 0.15) is 54.0 Å². The van der Waals surface area contributed by atoms with Crippen molar-refractivity contribution in [2.24, 2.45) is 0 Å². The molecule has 10 heteroatoms. The molecule has 3 aromatic carbocycles. The number of pyridine rings is 2. The standard InChI is InChI=1S/C38H37BN4O5/c1-36(2,3)24-18-20-40-34(21-24)42-31-13-9-8-11-27(31)28-16-14-26(23-33(28)42)46-25-15-17-32(43(44)45)29(22-25)35-30(12-10-19-41-35)39-47-37(4,5)38(6,7)48-39/h8-23H,1-7H3. The van der Waals surface area contributed by atoms with Gasteiger partial charge in [-0.15, -0.1) is 0 Å². The van der Waals surface area contributed by atoms with Gasteiger partial charge in [0.25, 0.3) is 5.69 Å². The predicted octanol–water partition coefficient (Wildman–Crippen LogP) is 8.54. The Labute approximate surface area is 279 Å². The van der Waals surface area contributed by atoms with E-state index in [4.69, 9.17) is 19.0 Å². The van der Waals surface area contributed by atoms with Gasteiger partial charge in [-0.1, -0.05) is 45.0 Å². The van der Waals surface area contributed by atoms with Crippen molar-refractivity contribution in [1.29, 1.82) is 0 Å². The molecule has 0 unspecified atom stereocenters. The normalized spacial score (nSPS) is 15.7. The van der Waals surface area contributed by atoms with Crippen LogP contribution in [0.4, 0.5) is 5.69 Å². The molecule has 1 fully saturated rings. The predicted molar refractivity (Wildman–Crippen MR) is 189 cm³/mol. The largest absolute Gasteiger partial charge is 0.497 e. The zero-order valence-corrected chi connectivity index (χ0v) is 28.1. The van der Waals surface area contributed by atoms with Crippen LogP contribution in [0.5, 0.6) is 11.5 Å². The minimum Gasteiger partial charge on any atom is -0.457 e. The maximum atomic E-state index is 12.3. The zero-order chi connectivity index (χ0) is 34.0. The lowest BCUT2D eigenvalue weighted by Crippen LogP contribution is -2.41. The number of rotatable bonds is 6. The van der Waals surface area contributed by atoms with Gasteiger partial charge in [-0.3, -0.25) is 19.7 Å². The van der Waals surface area contributed by atoms with Gasteiger partial charge >= 0.3 is 7.12 Å². The van der Waals surface area contributed by atoms with Gasteiger partial charge in [0.2, 0.25) is 0 Å². The molecule has 9 nitrogen and oxygen atoms in total. The fourth-order valence-corrected chi connectivity index (χ4v) is 6.13. The third kappa shape index (κ3) is 5.40. The summed E-state index contributed by atoms with van der Waals surface area (Å²) < 4.78 is 21.2. The average Bonchev–Trinajstić information content (AvgIpc) is 3.48. The number of fused-ring (bicyclic) bond motifs is 3. The lowest BCUT2D eigenvalue weighted by Gasteiger charge is -2.32. The molecule has 0 atom stereocenters. The molecule has 0 spiro atoms. The van der Waals surface area contributed by atoms with E-state index in [1.807, 2.05) is 70.3 Å². The summed E-state index contributed by atoms with van der Waals surface area (Å²) in [6.45, 7) is 14.4. The number of para-hydroxylation sites is 1. The van der Waals surface area contributed by atoms with Crippen molar-refractivity contribution < 1.29 is 19.0 Å². The fourth-order valence-electron chi connectivity index (χ4n) is 6.13. The van der Waals surface area contributed by atoms with E-state index in [0.717, 1.165) is 27.6 Å². The number of nitrogens with zero attached hydrogens (tertiary/aromatic N) is 4. The van der Waals surface area contributed by atoms with Gasteiger partial charge in [0.1, 0.15) is 17.3 Å². The smallest absolute Gasteiger partial charge is 0.457 e. The van der Waals surface area contributed by atoms with Crippen LogP contribution in [0.2, 0.25) is 0 Å². The topological polar surface area (TPSA) is 102 Å². The summed E-state index contributed by atoms with van der Waals surface area (Å²) in [5, 5.41) is 14.4. The van der Waals surface area contributed by atoms with E-state index in [9.17, 15) is 10.1 Å². The fraction of sp³-hybridized carbons (Fsp3) is 0.263. The van der Waals surface area contributed by atoms with Crippen LogP contribution in [-0.2, 0) is 14.7 Å². The molecule has 6 aromatic rings. The van der Waals surface area contributed by atoms with E-state index in [1.165, 1.54) is 11.6 Å². The molecular formula is C38H37BN4O5. The first kappa shape index (κ1) is 31.5. The summed E-state index contributed by atoms with van der Waals surface area (Å²) in [7, 11) is -0.752. The number of hydrogen-bond donors (Lipinski definition) is 0. The molecule has 0 radical (unpaired) electrons. The van der Waals surface area contributed by atoms with Crippen LogP contribution in [0.25, 0.3) is 38.9 Å². The summed E-state index contributed by atoms with van der Waals surface area (Å²) in [6, 6.07) is 26.7. The molecule has 0 bridgehead atoms. The number of nitro groups is 1. The number of benzene rings is 3. The van der Waals surface area contributed by atoms with Gasteiger partial charge in [0.05, 0.1) is 38.4 Å². The van der Waals surface area contributed by atoms with Gasteiger partial charge in [0, 0.05) is 40.8 Å². The van der Waals surface area contributed by atoms with Crippen molar-refractivity contribution in [2.45, 2.75) is 65.1 Å². The quantitative estimate of drug-likeness (QED) is 0.102. The van der Waals surface area contributed by atoms with Crippen molar-refractivity contribution in [3.63, 3.8) is 0 Å². The molecule has 4 heterocycles. The lowest BCUT2D eigenvalue weighted by molar-refractivity contribution is -0.384. The second kappa shape index (κ2) is 11.3. The van der Waals surface area contributed by atoms with E-state index in [2.05, 4.69) is 54.6 Å². The molecule has 1 aliphatic heterocycles. The van der Waals surface area contributed by atoms with E-state index < -0.39 is 23.2 Å². The Morgan fingerprint density at radius 3 is 2.21 bits per heavy atom. The Bertz CT molecular complexity index is 2200. The number of ether oxygens (including phenoxy) is 1. The van der Waals surface area contributed by atoms with Crippen molar-refractivity contribution in [1.82, 2.24) is 14.5 Å².